The monoisotopic (exact) mass is 405 g/mol. The van der Waals surface area contributed by atoms with Crippen LogP contribution in [0.2, 0.25) is 5.02 Å². The summed E-state index contributed by atoms with van der Waals surface area (Å²) in [5.74, 6) is -0.248. The number of aryl methyl sites for hydroxylation is 1. The first-order valence-corrected chi connectivity index (χ1v) is 9.14. The van der Waals surface area contributed by atoms with Gasteiger partial charge in [-0.15, -0.1) is 0 Å². The molecule has 2 aromatic rings. The minimum absolute atomic E-state index is 0.161. The molecule has 2 rings (SSSR count). The normalized spacial score (nSPS) is 10.5. The molecule has 0 radical (unpaired) electrons. The molecular formula is C21H24ClNO5. The smallest absolute Gasteiger partial charge is 0.338 e. The number of anilines is 1. The number of esters is 1. The maximum atomic E-state index is 12.3. The van der Waals surface area contributed by atoms with Crippen molar-refractivity contribution in [3.63, 3.8) is 0 Å². The summed E-state index contributed by atoms with van der Waals surface area (Å²) >= 11 is 6.10. The molecule has 0 saturated carbocycles. The van der Waals surface area contributed by atoms with Crippen LogP contribution in [-0.4, -0.2) is 32.7 Å². The summed E-state index contributed by atoms with van der Waals surface area (Å²) in [6.07, 6.45) is 0. The van der Waals surface area contributed by atoms with Crippen LogP contribution < -0.4 is 14.8 Å². The predicted molar refractivity (Wildman–Crippen MR) is 109 cm³/mol. The quantitative estimate of drug-likeness (QED) is 0.682. The number of rotatable bonds is 7. The largest absolute Gasteiger partial charge is 0.493 e. The van der Waals surface area contributed by atoms with Crippen LogP contribution in [0, 0.1) is 6.92 Å². The number of methoxy groups -OCH3 is 2. The maximum Gasteiger partial charge on any atom is 0.338 e. The molecular weight excluding hydrogens is 382 g/mol. The van der Waals surface area contributed by atoms with Crippen molar-refractivity contribution in [2.45, 2.75) is 26.7 Å². The van der Waals surface area contributed by atoms with E-state index < -0.39 is 18.5 Å². The number of carbonyl (C=O) groups excluding carboxylic acids is 2. The van der Waals surface area contributed by atoms with Crippen molar-refractivity contribution in [2.75, 3.05) is 26.1 Å². The Balaban J connectivity index is 2.08. The fourth-order valence-electron chi connectivity index (χ4n) is 2.77. The van der Waals surface area contributed by atoms with Crippen molar-refractivity contribution < 1.29 is 23.8 Å². The van der Waals surface area contributed by atoms with E-state index in [9.17, 15) is 9.59 Å². The van der Waals surface area contributed by atoms with Crippen molar-refractivity contribution in [3.8, 4) is 11.5 Å². The third-order valence-electron chi connectivity index (χ3n) is 4.20. The lowest BCUT2D eigenvalue weighted by atomic mass is 9.98. The van der Waals surface area contributed by atoms with Crippen LogP contribution in [0.25, 0.3) is 0 Å². The standard InChI is InChI=1S/C21H24ClNO5/c1-12(2)15-8-6-7-13(3)19(15)23-18(24)11-28-21(25)14-9-16(22)20(27-5)17(10-14)26-4/h6-10,12H,11H2,1-5H3,(H,23,24). The van der Waals surface area contributed by atoms with Gasteiger partial charge in [-0.25, -0.2) is 4.79 Å². The SMILES string of the molecule is COc1cc(C(=O)OCC(=O)Nc2c(C)cccc2C(C)C)cc(Cl)c1OC. The average molecular weight is 406 g/mol. The van der Waals surface area contributed by atoms with Gasteiger partial charge in [0.25, 0.3) is 5.91 Å². The molecule has 0 heterocycles. The first-order chi connectivity index (χ1) is 13.3. The highest BCUT2D eigenvalue weighted by molar-refractivity contribution is 6.32. The molecule has 7 heteroatoms. The zero-order chi connectivity index (χ0) is 20.8. The van der Waals surface area contributed by atoms with Gasteiger partial charge in [0.15, 0.2) is 18.1 Å². The van der Waals surface area contributed by atoms with E-state index in [1.807, 2.05) is 39.0 Å². The molecule has 28 heavy (non-hydrogen) atoms. The van der Waals surface area contributed by atoms with E-state index in [1.165, 1.54) is 26.4 Å². The highest BCUT2D eigenvalue weighted by atomic mass is 35.5. The molecule has 0 atom stereocenters. The molecule has 0 aromatic heterocycles. The van der Waals surface area contributed by atoms with Crippen LogP contribution in [0.1, 0.15) is 41.3 Å². The number of ether oxygens (including phenoxy) is 3. The van der Waals surface area contributed by atoms with E-state index >= 15 is 0 Å². The van der Waals surface area contributed by atoms with E-state index in [0.717, 1.165) is 16.8 Å². The van der Waals surface area contributed by atoms with Gasteiger partial charge in [-0.1, -0.05) is 43.6 Å². The Bertz CT molecular complexity index is 879. The molecule has 1 amide bonds. The molecule has 0 aliphatic carbocycles. The van der Waals surface area contributed by atoms with Gasteiger partial charge in [-0.05, 0) is 36.1 Å². The Hall–Kier alpha value is -2.73. The van der Waals surface area contributed by atoms with E-state index in [0.29, 0.717) is 11.5 Å². The van der Waals surface area contributed by atoms with Gasteiger partial charge in [-0.2, -0.15) is 0 Å². The highest BCUT2D eigenvalue weighted by Crippen LogP contribution is 2.36. The predicted octanol–water partition coefficient (Wildman–Crippen LogP) is 4.58. The van der Waals surface area contributed by atoms with Gasteiger partial charge < -0.3 is 19.5 Å². The molecule has 6 nitrogen and oxygen atoms in total. The summed E-state index contributed by atoms with van der Waals surface area (Å²) in [4.78, 5) is 24.6. The maximum absolute atomic E-state index is 12.3. The summed E-state index contributed by atoms with van der Waals surface area (Å²) in [6.45, 7) is 5.59. The second-order valence-corrected chi connectivity index (χ2v) is 6.92. The number of benzene rings is 2. The number of para-hydroxylation sites is 1. The molecule has 0 fully saturated rings. The van der Waals surface area contributed by atoms with Gasteiger partial charge in [0.1, 0.15) is 0 Å². The van der Waals surface area contributed by atoms with Gasteiger partial charge in [0.2, 0.25) is 0 Å². The first-order valence-electron chi connectivity index (χ1n) is 8.76. The zero-order valence-electron chi connectivity index (χ0n) is 16.6. The van der Waals surface area contributed by atoms with E-state index in [4.69, 9.17) is 25.8 Å². The number of hydrogen-bond donors (Lipinski definition) is 1. The van der Waals surface area contributed by atoms with Gasteiger partial charge in [0.05, 0.1) is 24.8 Å². The van der Waals surface area contributed by atoms with Gasteiger partial charge in [0, 0.05) is 5.69 Å². The lowest BCUT2D eigenvalue weighted by Crippen LogP contribution is -2.22. The number of halogens is 1. The number of amides is 1. The summed E-state index contributed by atoms with van der Waals surface area (Å²) in [7, 11) is 2.88. The van der Waals surface area contributed by atoms with E-state index in [1.54, 1.807) is 0 Å². The molecule has 150 valence electrons. The van der Waals surface area contributed by atoms with Crippen molar-refractivity contribution in [1.29, 1.82) is 0 Å². The number of carbonyl (C=O) groups is 2. The lowest BCUT2D eigenvalue weighted by molar-refractivity contribution is -0.119. The number of hydrogen-bond acceptors (Lipinski definition) is 5. The zero-order valence-corrected chi connectivity index (χ0v) is 17.3. The van der Waals surface area contributed by atoms with Gasteiger partial charge >= 0.3 is 5.97 Å². The molecule has 1 N–H and O–H groups in total. The Morgan fingerprint density at radius 3 is 2.46 bits per heavy atom. The molecule has 0 aliphatic rings. The minimum Gasteiger partial charge on any atom is -0.493 e. The second-order valence-electron chi connectivity index (χ2n) is 6.51. The third kappa shape index (κ3) is 4.95. The fourth-order valence-corrected chi connectivity index (χ4v) is 3.06. The van der Waals surface area contributed by atoms with E-state index in [-0.39, 0.29) is 16.5 Å². The first kappa shape index (κ1) is 21.6. The Morgan fingerprint density at radius 2 is 1.86 bits per heavy atom. The minimum atomic E-state index is -0.688. The summed E-state index contributed by atoms with van der Waals surface area (Å²) < 4.78 is 15.4. The van der Waals surface area contributed by atoms with Crippen LogP contribution in [0.3, 0.4) is 0 Å². The van der Waals surface area contributed by atoms with Crippen LogP contribution >= 0.6 is 11.6 Å². The Kier molecular flexibility index (Phi) is 7.29. The van der Waals surface area contributed by atoms with Crippen LogP contribution in [0.15, 0.2) is 30.3 Å². The van der Waals surface area contributed by atoms with Crippen LogP contribution in [0.5, 0.6) is 11.5 Å². The molecule has 0 unspecified atom stereocenters. The van der Waals surface area contributed by atoms with Crippen molar-refractivity contribution in [3.05, 3.63) is 52.0 Å². The molecule has 0 bridgehead atoms. The third-order valence-corrected chi connectivity index (χ3v) is 4.48. The Labute approximate surface area is 169 Å². The average Bonchev–Trinajstić information content (AvgIpc) is 2.66. The topological polar surface area (TPSA) is 73.9 Å². The lowest BCUT2D eigenvalue weighted by Gasteiger charge is -2.16. The Morgan fingerprint density at radius 1 is 1.14 bits per heavy atom. The van der Waals surface area contributed by atoms with Crippen molar-refractivity contribution in [2.24, 2.45) is 0 Å². The summed E-state index contributed by atoms with van der Waals surface area (Å²) in [6, 6.07) is 8.68. The molecule has 0 saturated heterocycles. The highest BCUT2D eigenvalue weighted by Gasteiger charge is 2.18. The fraction of sp³-hybridized carbons (Fsp3) is 0.333. The molecule has 2 aromatic carbocycles. The molecule has 0 aliphatic heterocycles. The summed E-state index contributed by atoms with van der Waals surface area (Å²) in [5.41, 5.74) is 2.87. The van der Waals surface area contributed by atoms with Crippen LogP contribution in [-0.2, 0) is 9.53 Å². The van der Waals surface area contributed by atoms with E-state index in [2.05, 4.69) is 5.32 Å². The van der Waals surface area contributed by atoms with Crippen molar-refractivity contribution >= 4 is 29.2 Å². The molecule has 0 spiro atoms. The second kappa shape index (κ2) is 9.46. The number of nitrogens with one attached hydrogen (secondary N) is 1. The van der Waals surface area contributed by atoms with Crippen LogP contribution in [0.4, 0.5) is 5.69 Å². The van der Waals surface area contributed by atoms with Gasteiger partial charge in [-0.3, -0.25) is 4.79 Å². The van der Waals surface area contributed by atoms with Crippen molar-refractivity contribution in [1.82, 2.24) is 0 Å². The summed E-state index contributed by atoms with van der Waals surface area (Å²) in [5, 5.41) is 3.04.